The maximum atomic E-state index is 13.1. The number of hydrogen-bond acceptors (Lipinski definition) is 7. The third-order valence-corrected chi connectivity index (χ3v) is 9.63. The van der Waals surface area contributed by atoms with Crippen LogP contribution in [-0.4, -0.2) is 45.3 Å². The monoisotopic (exact) mass is 470 g/mol. The summed E-state index contributed by atoms with van der Waals surface area (Å²) in [6, 6.07) is 8.90. The van der Waals surface area contributed by atoms with Gasteiger partial charge in [-0.2, -0.15) is 0 Å². The van der Waals surface area contributed by atoms with Crippen LogP contribution < -0.4 is 15.1 Å². The molecule has 3 aliphatic rings. The summed E-state index contributed by atoms with van der Waals surface area (Å²) in [5.41, 5.74) is -5.32. The van der Waals surface area contributed by atoms with E-state index in [9.17, 15) is 20.1 Å². The van der Waals surface area contributed by atoms with E-state index in [1.165, 1.54) is 0 Å². The van der Waals surface area contributed by atoms with Gasteiger partial charge in [-0.25, -0.2) is 4.79 Å². The molecule has 7 nitrogen and oxygen atoms in total. The Morgan fingerprint density at radius 2 is 1.68 bits per heavy atom. The summed E-state index contributed by atoms with van der Waals surface area (Å²) < 4.78 is 17.3. The number of aliphatic hydroxyl groups is 3. The van der Waals surface area contributed by atoms with Crippen LogP contribution in [0.4, 0.5) is 0 Å². The van der Waals surface area contributed by atoms with Crippen LogP contribution in [-0.2, 0) is 6.42 Å². The standard InChI is InChI=1S/C27H34O7/c1-23(2)21(28)10-11-24(3)26(23,30)13-12-25(4)27(24,31)15-18-20(34-25)14-19(33-22(18)29)16-6-8-17(32-5)9-7-16/h6-9,14,21,28,30-31H,10-13,15H2,1-5H3/t21-,24-,25+,26+,27-/m0/s1. The lowest BCUT2D eigenvalue weighted by molar-refractivity contribution is -0.340. The molecule has 1 aromatic carbocycles. The van der Waals surface area contributed by atoms with Crippen LogP contribution in [0.5, 0.6) is 11.5 Å². The van der Waals surface area contributed by atoms with Crippen molar-refractivity contribution >= 4 is 0 Å². The largest absolute Gasteiger partial charge is 0.497 e. The maximum Gasteiger partial charge on any atom is 0.343 e. The Bertz CT molecular complexity index is 1180. The van der Waals surface area contributed by atoms with Crippen LogP contribution in [0.2, 0.25) is 0 Å². The second kappa shape index (κ2) is 7.09. The molecule has 2 saturated carbocycles. The number of aliphatic hydroxyl groups excluding tert-OH is 1. The van der Waals surface area contributed by atoms with Crippen molar-refractivity contribution in [2.45, 2.75) is 82.7 Å². The minimum atomic E-state index is -1.53. The van der Waals surface area contributed by atoms with E-state index >= 15 is 0 Å². The van der Waals surface area contributed by atoms with Gasteiger partial charge < -0.3 is 29.2 Å². The van der Waals surface area contributed by atoms with Crippen LogP contribution in [0.3, 0.4) is 0 Å². The first-order chi connectivity index (χ1) is 15.8. The quantitative estimate of drug-likeness (QED) is 0.617. The van der Waals surface area contributed by atoms with Crippen molar-refractivity contribution in [3.63, 3.8) is 0 Å². The van der Waals surface area contributed by atoms with Crippen LogP contribution in [0, 0.1) is 10.8 Å². The smallest absolute Gasteiger partial charge is 0.343 e. The summed E-state index contributed by atoms with van der Waals surface area (Å²) in [7, 11) is 1.59. The summed E-state index contributed by atoms with van der Waals surface area (Å²) in [6.45, 7) is 7.45. The van der Waals surface area contributed by atoms with Gasteiger partial charge in [0.05, 0.1) is 24.4 Å². The molecule has 1 aliphatic heterocycles. The van der Waals surface area contributed by atoms with Crippen molar-refractivity contribution in [2.24, 2.45) is 10.8 Å². The Morgan fingerprint density at radius 1 is 1.00 bits per heavy atom. The summed E-state index contributed by atoms with van der Waals surface area (Å²) in [5, 5.41) is 35.1. The van der Waals surface area contributed by atoms with Gasteiger partial charge in [0.2, 0.25) is 0 Å². The second-order valence-electron chi connectivity index (χ2n) is 11.3. The highest BCUT2D eigenvalue weighted by Gasteiger charge is 2.76. The third kappa shape index (κ3) is 2.72. The Morgan fingerprint density at radius 3 is 2.32 bits per heavy atom. The SMILES string of the molecule is COc1ccc(-c2cc3c(c(=O)o2)C[C@]2(O)[C@@]4(C)CC[C@H](O)C(C)(C)[C@]4(O)CC[C@@]2(C)O3)cc1. The Balaban J connectivity index is 1.61. The van der Waals surface area contributed by atoms with Gasteiger partial charge in [-0.15, -0.1) is 0 Å². The van der Waals surface area contributed by atoms with Crippen molar-refractivity contribution in [1.29, 1.82) is 0 Å². The van der Waals surface area contributed by atoms with E-state index in [0.717, 1.165) is 0 Å². The molecular formula is C27H34O7. The Kier molecular flexibility index (Phi) is 4.88. The molecule has 2 aliphatic carbocycles. The summed E-state index contributed by atoms with van der Waals surface area (Å²) in [5.74, 6) is 1.47. The van der Waals surface area contributed by atoms with Crippen LogP contribution in [0.1, 0.15) is 58.9 Å². The van der Waals surface area contributed by atoms with Crippen LogP contribution in [0.15, 0.2) is 39.5 Å². The summed E-state index contributed by atoms with van der Waals surface area (Å²) >= 11 is 0. The highest BCUT2D eigenvalue weighted by atomic mass is 16.5. The minimum Gasteiger partial charge on any atom is -0.497 e. The number of ether oxygens (including phenoxy) is 2. The number of benzene rings is 1. The van der Waals surface area contributed by atoms with Crippen LogP contribution in [0.25, 0.3) is 11.3 Å². The fourth-order valence-corrected chi connectivity index (χ4v) is 7.00. The molecule has 0 amide bonds. The number of rotatable bonds is 2. The zero-order valence-corrected chi connectivity index (χ0v) is 20.5. The van der Waals surface area contributed by atoms with Gasteiger partial charge in [-0.05, 0) is 56.9 Å². The molecule has 5 rings (SSSR count). The average Bonchev–Trinajstić information content (AvgIpc) is 2.80. The zero-order valence-electron chi connectivity index (χ0n) is 20.5. The fraction of sp³-hybridized carbons (Fsp3) is 0.593. The molecule has 0 bridgehead atoms. The van der Waals surface area contributed by atoms with Gasteiger partial charge in [0, 0.05) is 28.9 Å². The average molecular weight is 471 g/mol. The predicted molar refractivity (Wildman–Crippen MR) is 126 cm³/mol. The molecule has 1 aromatic heterocycles. The lowest BCUT2D eigenvalue weighted by Crippen LogP contribution is -2.81. The number of methoxy groups -OCH3 is 1. The van der Waals surface area contributed by atoms with E-state index in [1.807, 2.05) is 39.8 Å². The second-order valence-corrected chi connectivity index (χ2v) is 11.3. The van der Waals surface area contributed by atoms with E-state index in [0.29, 0.717) is 48.5 Å². The highest BCUT2D eigenvalue weighted by Crippen LogP contribution is 2.67. The normalized spacial score (nSPS) is 38.2. The molecule has 0 radical (unpaired) electrons. The van der Waals surface area contributed by atoms with Crippen molar-refractivity contribution < 1.29 is 29.2 Å². The molecular weight excluding hydrogens is 436 g/mol. The first-order valence-corrected chi connectivity index (χ1v) is 12.0. The number of hydrogen-bond donors (Lipinski definition) is 3. The molecule has 184 valence electrons. The van der Waals surface area contributed by atoms with Crippen molar-refractivity contribution in [3.05, 3.63) is 46.3 Å². The van der Waals surface area contributed by atoms with E-state index in [1.54, 1.807) is 25.3 Å². The van der Waals surface area contributed by atoms with Gasteiger partial charge >= 0.3 is 5.63 Å². The van der Waals surface area contributed by atoms with Gasteiger partial charge in [0.25, 0.3) is 0 Å². The van der Waals surface area contributed by atoms with E-state index < -0.39 is 39.4 Å². The van der Waals surface area contributed by atoms with E-state index in [2.05, 4.69) is 0 Å². The summed E-state index contributed by atoms with van der Waals surface area (Å²) in [6.07, 6.45) is 0.927. The first kappa shape index (κ1) is 23.4. The predicted octanol–water partition coefficient (Wildman–Crippen LogP) is 3.45. The Hall–Kier alpha value is -2.35. The molecule has 0 spiro atoms. The van der Waals surface area contributed by atoms with E-state index in [-0.39, 0.29) is 12.0 Å². The lowest BCUT2D eigenvalue weighted by Gasteiger charge is -2.71. The molecule has 0 saturated heterocycles. The van der Waals surface area contributed by atoms with Gasteiger partial charge in [-0.1, -0.05) is 20.8 Å². The van der Waals surface area contributed by atoms with E-state index in [4.69, 9.17) is 13.9 Å². The molecule has 2 heterocycles. The molecule has 7 heteroatoms. The first-order valence-electron chi connectivity index (χ1n) is 12.0. The molecule has 2 fully saturated rings. The zero-order chi connectivity index (χ0) is 24.7. The lowest BCUT2D eigenvalue weighted by atomic mass is 9.40. The highest BCUT2D eigenvalue weighted by molar-refractivity contribution is 5.61. The maximum absolute atomic E-state index is 13.1. The van der Waals surface area contributed by atoms with Crippen molar-refractivity contribution in [2.75, 3.05) is 7.11 Å². The topological polar surface area (TPSA) is 109 Å². The van der Waals surface area contributed by atoms with Gasteiger partial charge in [0.1, 0.15) is 28.5 Å². The summed E-state index contributed by atoms with van der Waals surface area (Å²) in [4.78, 5) is 13.1. The van der Waals surface area contributed by atoms with Gasteiger partial charge in [0.15, 0.2) is 0 Å². The van der Waals surface area contributed by atoms with Crippen LogP contribution >= 0.6 is 0 Å². The van der Waals surface area contributed by atoms with Gasteiger partial charge in [-0.3, -0.25) is 0 Å². The molecule has 34 heavy (non-hydrogen) atoms. The molecule has 2 aromatic rings. The third-order valence-electron chi connectivity index (χ3n) is 9.63. The fourth-order valence-electron chi connectivity index (χ4n) is 7.00. The molecule has 5 atom stereocenters. The van der Waals surface area contributed by atoms with Crippen molar-refractivity contribution in [3.8, 4) is 22.8 Å². The molecule has 3 N–H and O–H groups in total. The number of fused-ring (bicyclic) bond motifs is 4. The van der Waals surface area contributed by atoms with Crippen molar-refractivity contribution in [1.82, 2.24) is 0 Å². The Labute approximate surface area is 199 Å². The minimum absolute atomic E-state index is 0.00897. The molecule has 0 unspecified atom stereocenters.